The summed E-state index contributed by atoms with van der Waals surface area (Å²) in [5.74, 6) is 0.343. The van der Waals surface area contributed by atoms with Gasteiger partial charge in [-0.15, -0.1) is 0 Å². The maximum atomic E-state index is 14.8. The number of aromatic nitrogens is 1. The lowest BCUT2D eigenvalue weighted by atomic mass is 9.98. The van der Waals surface area contributed by atoms with Crippen LogP contribution in [-0.4, -0.2) is 29.6 Å². The first-order valence-electron chi connectivity index (χ1n) is 13.6. The van der Waals surface area contributed by atoms with Crippen molar-refractivity contribution in [2.24, 2.45) is 5.92 Å². The quantitative estimate of drug-likeness (QED) is 0.226. The van der Waals surface area contributed by atoms with Gasteiger partial charge in [-0.05, 0) is 97.5 Å². The van der Waals surface area contributed by atoms with Crippen molar-refractivity contribution in [1.29, 1.82) is 0 Å². The Kier molecular flexibility index (Phi) is 7.92. The number of piperidine rings is 1. The molecule has 1 aliphatic heterocycles. The zero-order valence-electron chi connectivity index (χ0n) is 22.5. The maximum Gasteiger partial charge on any atom is 0.183 e. The number of carbonyl (C=O) groups excluding carboxylic acids is 2. The van der Waals surface area contributed by atoms with Gasteiger partial charge in [0, 0.05) is 48.6 Å². The summed E-state index contributed by atoms with van der Waals surface area (Å²) < 4.78 is 14.8. The van der Waals surface area contributed by atoms with Crippen LogP contribution in [0.2, 0.25) is 0 Å². The van der Waals surface area contributed by atoms with Gasteiger partial charge in [-0.25, -0.2) is 4.39 Å². The number of nitrogens with zero attached hydrogens (tertiary/aromatic N) is 1. The summed E-state index contributed by atoms with van der Waals surface area (Å²) in [4.78, 5) is 30.7. The number of carbonyl (C=O) groups is 2. The summed E-state index contributed by atoms with van der Waals surface area (Å²) >= 11 is 0. The second-order valence-corrected chi connectivity index (χ2v) is 10.6. The number of ketones is 2. The van der Waals surface area contributed by atoms with Crippen LogP contribution >= 0.6 is 0 Å². The van der Waals surface area contributed by atoms with E-state index < -0.39 is 5.82 Å². The monoisotopic (exact) mass is 523 g/mol. The first-order valence-corrected chi connectivity index (χ1v) is 13.6. The highest BCUT2D eigenvalue weighted by atomic mass is 19.1. The van der Waals surface area contributed by atoms with Crippen LogP contribution in [-0.2, 0) is 12.8 Å². The van der Waals surface area contributed by atoms with E-state index in [1.165, 1.54) is 24.6 Å². The third-order valence-corrected chi connectivity index (χ3v) is 7.47. The molecule has 0 unspecified atom stereocenters. The average Bonchev–Trinajstić information content (AvgIpc) is 3.38. The number of hydrogen-bond donors (Lipinski definition) is 2. The number of hydrogen-bond acceptors (Lipinski definition) is 4. The first-order chi connectivity index (χ1) is 18.8. The van der Waals surface area contributed by atoms with E-state index in [0.29, 0.717) is 28.9 Å². The second kappa shape index (κ2) is 11.7. The molecule has 0 aliphatic carbocycles. The number of nitrogens with one attached hydrogen (secondary N) is 2. The molecule has 5 nitrogen and oxygen atoms in total. The molecule has 0 spiro atoms. The minimum Gasteiger partial charge on any atom is -0.372 e. The molecular formula is C33H34FN3O2. The highest BCUT2D eigenvalue weighted by molar-refractivity contribution is 5.98. The van der Waals surface area contributed by atoms with Crippen LogP contribution < -0.4 is 10.2 Å². The summed E-state index contributed by atoms with van der Waals surface area (Å²) in [6, 6.07) is 23.8. The van der Waals surface area contributed by atoms with Gasteiger partial charge < -0.3 is 15.2 Å². The van der Waals surface area contributed by atoms with Gasteiger partial charge in [0.05, 0.1) is 11.4 Å². The molecule has 1 aliphatic rings. The second-order valence-electron chi connectivity index (χ2n) is 10.6. The standard InChI is InChI=1S/C33H34FN3O2/c1-22-15-17-37(18-16-22)28-11-7-26(8-12-28)32(38)20-24-4-9-27(10-5-24)36-30-14-6-25(19-29(30)34)21-33(39)31-13-3-23(2)35-31/h3-14,19,22,35-36H,15-18,20-21H2,1-2H3. The van der Waals surface area contributed by atoms with E-state index in [4.69, 9.17) is 0 Å². The van der Waals surface area contributed by atoms with Crippen molar-refractivity contribution in [3.63, 3.8) is 0 Å². The van der Waals surface area contributed by atoms with Crippen LogP contribution in [0.5, 0.6) is 0 Å². The molecule has 0 atom stereocenters. The van der Waals surface area contributed by atoms with Crippen molar-refractivity contribution in [3.05, 3.63) is 113 Å². The van der Waals surface area contributed by atoms with Gasteiger partial charge in [-0.2, -0.15) is 0 Å². The van der Waals surface area contributed by atoms with Crippen LogP contribution in [0, 0.1) is 18.7 Å². The summed E-state index contributed by atoms with van der Waals surface area (Å²) in [6.45, 7) is 6.32. The molecule has 1 fully saturated rings. The van der Waals surface area contributed by atoms with Crippen LogP contribution in [0.15, 0.2) is 78.9 Å². The third kappa shape index (κ3) is 6.63. The Bertz CT molecular complexity index is 1450. The van der Waals surface area contributed by atoms with E-state index in [1.54, 1.807) is 18.2 Å². The van der Waals surface area contributed by atoms with E-state index in [-0.39, 0.29) is 18.0 Å². The third-order valence-electron chi connectivity index (χ3n) is 7.47. The molecule has 200 valence electrons. The van der Waals surface area contributed by atoms with Gasteiger partial charge in [0.15, 0.2) is 11.6 Å². The fraction of sp³-hybridized carbons (Fsp3) is 0.273. The minimum atomic E-state index is -0.426. The molecule has 0 radical (unpaired) electrons. The Hall–Kier alpha value is -4.19. The summed E-state index contributed by atoms with van der Waals surface area (Å²) in [6.07, 6.45) is 2.84. The smallest absolute Gasteiger partial charge is 0.183 e. The van der Waals surface area contributed by atoms with E-state index in [2.05, 4.69) is 22.1 Å². The largest absolute Gasteiger partial charge is 0.372 e. The highest BCUT2D eigenvalue weighted by Gasteiger charge is 2.17. The number of benzene rings is 3. The van der Waals surface area contributed by atoms with E-state index in [1.807, 2.05) is 61.5 Å². The number of rotatable bonds is 9. The van der Waals surface area contributed by atoms with E-state index >= 15 is 0 Å². The molecule has 3 aromatic carbocycles. The van der Waals surface area contributed by atoms with Crippen LogP contribution in [0.1, 0.15) is 57.4 Å². The average molecular weight is 524 g/mol. The molecule has 1 saturated heterocycles. The number of anilines is 3. The molecule has 0 amide bonds. The van der Waals surface area contributed by atoms with Crippen molar-refractivity contribution in [2.45, 2.75) is 39.5 Å². The van der Waals surface area contributed by atoms with Gasteiger partial charge in [-0.3, -0.25) is 9.59 Å². The van der Waals surface area contributed by atoms with E-state index in [0.717, 1.165) is 36.0 Å². The van der Waals surface area contributed by atoms with E-state index in [9.17, 15) is 14.0 Å². The minimum absolute atomic E-state index is 0.0696. The zero-order valence-corrected chi connectivity index (χ0v) is 22.5. The molecule has 39 heavy (non-hydrogen) atoms. The van der Waals surface area contributed by atoms with Gasteiger partial charge >= 0.3 is 0 Å². The molecule has 6 heteroatoms. The zero-order chi connectivity index (χ0) is 27.4. The van der Waals surface area contributed by atoms with Gasteiger partial charge in [-0.1, -0.05) is 25.1 Å². The lowest BCUT2D eigenvalue weighted by Gasteiger charge is -2.32. The van der Waals surface area contributed by atoms with Crippen LogP contribution in [0.25, 0.3) is 0 Å². The molecule has 0 bridgehead atoms. The topological polar surface area (TPSA) is 65.2 Å². The molecule has 5 rings (SSSR count). The number of aromatic amines is 1. The predicted molar refractivity (Wildman–Crippen MR) is 155 cm³/mol. The SMILES string of the molecule is Cc1ccc(C(=O)Cc2ccc(Nc3ccc(CC(=O)c4ccc(N5CCC(C)CC5)cc4)cc3)c(F)c2)[nH]1. The fourth-order valence-electron chi connectivity index (χ4n) is 4.99. The Morgan fingerprint density at radius 2 is 1.54 bits per heavy atom. The van der Waals surface area contributed by atoms with Crippen LogP contribution in [0.4, 0.5) is 21.5 Å². The number of H-pyrrole nitrogens is 1. The predicted octanol–water partition coefficient (Wildman–Crippen LogP) is 7.29. The molecule has 2 N–H and O–H groups in total. The van der Waals surface area contributed by atoms with Crippen molar-refractivity contribution in [3.8, 4) is 0 Å². The Morgan fingerprint density at radius 3 is 2.18 bits per heavy atom. The fourth-order valence-corrected chi connectivity index (χ4v) is 4.99. The Morgan fingerprint density at radius 1 is 0.872 bits per heavy atom. The van der Waals surface area contributed by atoms with Crippen molar-refractivity contribution >= 4 is 28.6 Å². The first kappa shape index (κ1) is 26.4. The number of halogens is 1. The molecule has 1 aromatic heterocycles. The normalized spacial score (nSPS) is 13.9. The van der Waals surface area contributed by atoms with Crippen molar-refractivity contribution in [2.75, 3.05) is 23.3 Å². The summed E-state index contributed by atoms with van der Waals surface area (Å²) in [5, 5.41) is 3.08. The molecular weight excluding hydrogens is 489 g/mol. The lowest BCUT2D eigenvalue weighted by molar-refractivity contribution is 0.0982. The number of aryl methyl sites for hydroxylation is 1. The van der Waals surface area contributed by atoms with Gasteiger partial charge in [0.25, 0.3) is 0 Å². The lowest BCUT2D eigenvalue weighted by Crippen LogP contribution is -2.32. The molecule has 0 saturated carbocycles. The van der Waals surface area contributed by atoms with Gasteiger partial charge in [0.1, 0.15) is 5.82 Å². The molecule has 2 heterocycles. The summed E-state index contributed by atoms with van der Waals surface area (Å²) in [7, 11) is 0. The Labute approximate surface area is 229 Å². The van der Waals surface area contributed by atoms with Crippen molar-refractivity contribution in [1.82, 2.24) is 4.98 Å². The van der Waals surface area contributed by atoms with Crippen molar-refractivity contribution < 1.29 is 14.0 Å². The maximum absolute atomic E-state index is 14.8. The Balaban J connectivity index is 1.16. The van der Waals surface area contributed by atoms with Crippen LogP contribution in [0.3, 0.4) is 0 Å². The highest BCUT2D eigenvalue weighted by Crippen LogP contribution is 2.25. The number of Topliss-reactive ketones (excluding diaryl/α,β-unsaturated/α-hetero) is 2. The summed E-state index contributed by atoms with van der Waals surface area (Å²) in [5.41, 5.74) is 5.88. The van der Waals surface area contributed by atoms with Gasteiger partial charge in [0.2, 0.25) is 0 Å². The molecule has 4 aromatic rings.